The monoisotopic (exact) mass is 431 g/mol. The van der Waals surface area contributed by atoms with Crippen LogP contribution in [-0.4, -0.2) is 29.4 Å². The van der Waals surface area contributed by atoms with E-state index in [0.29, 0.717) is 15.3 Å². The standard InChI is InChI=1S/C17H16F3N3O3S2/c1-2-23(28(24,25)11-12-6-4-3-5-7-12)10-13-8-9-14(27-13)15-21-16(26-22-15)17(18,19)20/h3-9H,2,10-11H2,1H3. The Labute approximate surface area is 163 Å². The van der Waals surface area contributed by atoms with Crippen molar-refractivity contribution < 1.29 is 26.1 Å². The molecule has 6 nitrogen and oxygen atoms in total. The van der Waals surface area contributed by atoms with Crippen LogP contribution in [0.3, 0.4) is 0 Å². The second-order valence-corrected chi connectivity index (χ2v) is 8.99. The van der Waals surface area contributed by atoms with Crippen molar-refractivity contribution in [2.24, 2.45) is 0 Å². The van der Waals surface area contributed by atoms with Gasteiger partial charge < -0.3 is 4.52 Å². The summed E-state index contributed by atoms with van der Waals surface area (Å²) in [6.07, 6.45) is -4.71. The Morgan fingerprint density at radius 3 is 2.46 bits per heavy atom. The van der Waals surface area contributed by atoms with Crippen molar-refractivity contribution in [3.05, 3.63) is 58.8 Å². The molecular weight excluding hydrogens is 415 g/mol. The lowest BCUT2D eigenvalue weighted by atomic mass is 10.2. The highest BCUT2D eigenvalue weighted by Crippen LogP contribution is 2.32. The largest absolute Gasteiger partial charge is 0.471 e. The first-order valence-electron chi connectivity index (χ1n) is 8.21. The van der Waals surface area contributed by atoms with Gasteiger partial charge in [0.2, 0.25) is 15.8 Å². The third-order valence-corrected chi connectivity index (χ3v) is 6.76. The number of rotatable bonds is 7. The van der Waals surface area contributed by atoms with Gasteiger partial charge in [0.1, 0.15) is 0 Å². The van der Waals surface area contributed by atoms with Crippen LogP contribution in [0.5, 0.6) is 0 Å². The third-order valence-electron chi connectivity index (χ3n) is 3.82. The van der Waals surface area contributed by atoms with Crippen LogP contribution < -0.4 is 0 Å². The average Bonchev–Trinajstić information content (AvgIpc) is 3.29. The maximum atomic E-state index is 12.7. The summed E-state index contributed by atoms with van der Waals surface area (Å²) in [5.74, 6) is -1.73. The van der Waals surface area contributed by atoms with E-state index in [1.165, 1.54) is 4.31 Å². The number of nitrogens with zero attached hydrogens (tertiary/aromatic N) is 3. The van der Waals surface area contributed by atoms with Crippen LogP contribution >= 0.6 is 11.3 Å². The molecule has 0 atom stereocenters. The number of thiophene rings is 1. The summed E-state index contributed by atoms with van der Waals surface area (Å²) >= 11 is 1.12. The summed E-state index contributed by atoms with van der Waals surface area (Å²) in [5, 5.41) is 3.34. The molecule has 0 amide bonds. The first-order chi connectivity index (χ1) is 13.2. The Bertz CT molecular complexity index is 1030. The van der Waals surface area contributed by atoms with Crippen LogP contribution in [0.2, 0.25) is 0 Å². The molecule has 0 aliphatic heterocycles. The molecule has 150 valence electrons. The van der Waals surface area contributed by atoms with Crippen molar-refractivity contribution in [2.75, 3.05) is 6.54 Å². The summed E-state index contributed by atoms with van der Waals surface area (Å²) in [5.41, 5.74) is 0.680. The number of hydrogen-bond acceptors (Lipinski definition) is 6. The van der Waals surface area contributed by atoms with E-state index in [2.05, 4.69) is 14.7 Å². The van der Waals surface area contributed by atoms with Crippen molar-refractivity contribution >= 4 is 21.4 Å². The van der Waals surface area contributed by atoms with E-state index in [1.807, 2.05) is 6.07 Å². The Balaban J connectivity index is 1.75. The summed E-state index contributed by atoms with van der Waals surface area (Å²) < 4.78 is 68.7. The zero-order valence-electron chi connectivity index (χ0n) is 14.7. The highest BCUT2D eigenvalue weighted by molar-refractivity contribution is 7.88. The summed E-state index contributed by atoms with van der Waals surface area (Å²) in [4.78, 5) is 4.37. The van der Waals surface area contributed by atoms with Crippen LogP contribution in [0.15, 0.2) is 47.0 Å². The third kappa shape index (κ3) is 4.78. The van der Waals surface area contributed by atoms with Crippen molar-refractivity contribution in [3.63, 3.8) is 0 Å². The van der Waals surface area contributed by atoms with Crippen molar-refractivity contribution in [1.82, 2.24) is 14.4 Å². The molecule has 0 fully saturated rings. The summed E-state index contributed by atoms with van der Waals surface area (Å²) in [7, 11) is -3.55. The van der Waals surface area contributed by atoms with E-state index in [0.717, 1.165) is 11.3 Å². The minimum atomic E-state index is -4.71. The van der Waals surface area contributed by atoms with Crippen LogP contribution in [0.25, 0.3) is 10.7 Å². The quantitative estimate of drug-likeness (QED) is 0.561. The second kappa shape index (κ2) is 8.02. The van der Waals surface area contributed by atoms with E-state index < -0.39 is 22.1 Å². The maximum Gasteiger partial charge on any atom is 0.471 e. The van der Waals surface area contributed by atoms with E-state index in [-0.39, 0.29) is 24.7 Å². The molecule has 0 bridgehead atoms. The molecule has 2 aromatic heterocycles. The van der Waals surface area contributed by atoms with Gasteiger partial charge in [-0.2, -0.15) is 22.5 Å². The number of hydrogen-bond donors (Lipinski definition) is 0. The number of sulfonamides is 1. The van der Waals surface area contributed by atoms with E-state index in [1.54, 1.807) is 43.3 Å². The lowest BCUT2D eigenvalue weighted by Crippen LogP contribution is -2.31. The summed E-state index contributed by atoms with van der Waals surface area (Å²) in [6, 6.07) is 12.0. The maximum absolute atomic E-state index is 12.7. The van der Waals surface area contributed by atoms with Gasteiger partial charge in [-0.25, -0.2) is 8.42 Å². The van der Waals surface area contributed by atoms with Gasteiger partial charge >= 0.3 is 12.1 Å². The fraction of sp³-hybridized carbons (Fsp3) is 0.294. The smallest absolute Gasteiger partial charge is 0.329 e. The van der Waals surface area contributed by atoms with E-state index in [4.69, 9.17) is 0 Å². The molecule has 0 spiro atoms. The predicted molar refractivity (Wildman–Crippen MR) is 97.8 cm³/mol. The molecule has 0 N–H and O–H groups in total. The number of benzene rings is 1. The molecule has 0 radical (unpaired) electrons. The predicted octanol–water partition coefficient (Wildman–Crippen LogP) is 4.17. The van der Waals surface area contributed by atoms with Crippen molar-refractivity contribution in [2.45, 2.75) is 25.4 Å². The molecule has 1 aromatic carbocycles. The van der Waals surface area contributed by atoms with Crippen molar-refractivity contribution in [3.8, 4) is 10.7 Å². The van der Waals surface area contributed by atoms with Crippen molar-refractivity contribution in [1.29, 1.82) is 0 Å². The highest BCUT2D eigenvalue weighted by Gasteiger charge is 2.38. The van der Waals surface area contributed by atoms with Gasteiger partial charge in [-0.05, 0) is 17.7 Å². The summed E-state index contributed by atoms with van der Waals surface area (Å²) in [6.45, 7) is 2.11. The zero-order valence-corrected chi connectivity index (χ0v) is 16.3. The molecule has 0 unspecified atom stereocenters. The topological polar surface area (TPSA) is 76.3 Å². The average molecular weight is 431 g/mol. The molecule has 2 heterocycles. The van der Waals surface area contributed by atoms with Crippen LogP contribution in [0, 0.1) is 0 Å². The minimum Gasteiger partial charge on any atom is -0.329 e. The van der Waals surface area contributed by atoms with Gasteiger partial charge in [-0.1, -0.05) is 42.4 Å². The first-order valence-corrected chi connectivity index (χ1v) is 10.6. The Hall–Kier alpha value is -2.24. The molecule has 0 saturated carbocycles. The van der Waals surface area contributed by atoms with Gasteiger partial charge in [-0.15, -0.1) is 11.3 Å². The molecule has 0 aliphatic carbocycles. The van der Waals surface area contributed by atoms with E-state index in [9.17, 15) is 21.6 Å². The molecule has 11 heteroatoms. The van der Waals surface area contributed by atoms with Gasteiger partial charge in [0.25, 0.3) is 0 Å². The molecular formula is C17H16F3N3O3S2. The Kier molecular flexibility index (Phi) is 5.87. The fourth-order valence-corrected chi connectivity index (χ4v) is 5.03. The lowest BCUT2D eigenvalue weighted by molar-refractivity contribution is -0.159. The lowest BCUT2D eigenvalue weighted by Gasteiger charge is -2.19. The second-order valence-electron chi connectivity index (χ2n) is 5.85. The van der Waals surface area contributed by atoms with Gasteiger partial charge in [0.05, 0.1) is 10.6 Å². The minimum absolute atomic E-state index is 0.111. The van der Waals surface area contributed by atoms with Crippen LogP contribution in [-0.2, 0) is 28.5 Å². The van der Waals surface area contributed by atoms with Crippen LogP contribution in [0.1, 0.15) is 23.3 Å². The van der Waals surface area contributed by atoms with E-state index >= 15 is 0 Å². The SMILES string of the molecule is CCN(Cc1ccc(-c2noc(C(F)(F)F)n2)s1)S(=O)(=O)Cc1ccccc1. The Morgan fingerprint density at radius 2 is 1.86 bits per heavy atom. The molecule has 28 heavy (non-hydrogen) atoms. The molecule has 3 rings (SSSR count). The Morgan fingerprint density at radius 1 is 1.14 bits per heavy atom. The zero-order chi connectivity index (χ0) is 20.4. The normalized spacial score (nSPS) is 12.6. The first kappa shape index (κ1) is 20.5. The number of aromatic nitrogens is 2. The van der Waals surface area contributed by atoms with Crippen LogP contribution in [0.4, 0.5) is 13.2 Å². The highest BCUT2D eigenvalue weighted by atomic mass is 32.2. The molecule has 0 aliphatic rings. The van der Waals surface area contributed by atoms with Gasteiger partial charge in [0.15, 0.2) is 0 Å². The number of halogens is 3. The fourth-order valence-electron chi connectivity index (χ4n) is 2.48. The van der Waals surface area contributed by atoms with Gasteiger partial charge in [-0.3, -0.25) is 0 Å². The molecule has 0 saturated heterocycles. The number of alkyl halides is 3. The van der Waals surface area contributed by atoms with Gasteiger partial charge in [0, 0.05) is 18.0 Å². The molecule has 3 aromatic rings.